The van der Waals surface area contributed by atoms with Crippen molar-refractivity contribution in [1.29, 1.82) is 0 Å². The summed E-state index contributed by atoms with van der Waals surface area (Å²) in [5, 5.41) is 8.50. The van der Waals surface area contributed by atoms with Gasteiger partial charge in [-0.15, -0.1) is 0 Å². The number of carboxylic acid groups (broad SMARTS) is 1. The summed E-state index contributed by atoms with van der Waals surface area (Å²) in [6.07, 6.45) is 7.13. The standard InChI is InChI=1S/C14H26O3/c1-11-7-8-13(10-12(11)2)17-9-5-3-4-6-14(15)16/h11-13H,3-10H2,1-2H3,(H,15,16). The Bertz CT molecular complexity index is 228. The average molecular weight is 242 g/mol. The van der Waals surface area contributed by atoms with E-state index in [1.165, 1.54) is 19.3 Å². The molecule has 0 aromatic rings. The summed E-state index contributed by atoms with van der Waals surface area (Å²) in [6.45, 7) is 5.44. The fourth-order valence-electron chi connectivity index (χ4n) is 2.45. The van der Waals surface area contributed by atoms with Gasteiger partial charge in [-0.1, -0.05) is 20.3 Å². The summed E-state index contributed by atoms with van der Waals surface area (Å²) in [6, 6.07) is 0. The highest BCUT2D eigenvalue weighted by atomic mass is 16.5. The summed E-state index contributed by atoms with van der Waals surface area (Å²) in [7, 11) is 0. The van der Waals surface area contributed by atoms with Crippen LogP contribution >= 0.6 is 0 Å². The van der Waals surface area contributed by atoms with Crippen molar-refractivity contribution in [2.45, 2.75) is 64.9 Å². The van der Waals surface area contributed by atoms with E-state index < -0.39 is 5.97 Å². The van der Waals surface area contributed by atoms with Gasteiger partial charge in [0.25, 0.3) is 0 Å². The number of unbranched alkanes of at least 4 members (excludes halogenated alkanes) is 2. The van der Waals surface area contributed by atoms with E-state index in [0.29, 0.717) is 6.10 Å². The van der Waals surface area contributed by atoms with Crippen LogP contribution in [-0.2, 0) is 9.53 Å². The van der Waals surface area contributed by atoms with Crippen molar-refractivity contribution in [2.24, 2.45) is 11.8 Å². The van der Waals surface area contributed by atoms with Gasteiger partial charge in [0.2, 0.25) is 0 Å². The molecule has 0 radical (unpaired) electrons. The Morgan fingerprint density at radius 1 is 1.18 bits per heavy atom. The number of rotatable bonds is 7. The van der Waals surface area contributed by atoms with Crippen molar-refractivity contribution in [3.05, 3.63) is 0 Å². The third-order valence-electron chi connectivity index (χ3n) is 3.94. The molecule has 3 heteroatoms. The van der Waals surface area contributed by atoms with Crippen molar-refractivity contribution in [1.82, 2.24) is 0 Å². The van der Waals surface area contributed by atoms with Crippen molar-refractivity contribution in [2.75, 3.05) is 6.61 Å². The molecule has 3 atom stereocenters. The van der Waals surface area contributed by atoms with Gasteiger partial charge in [-0.05, 0) is 43.9 Å². The lowest BCUT2D eigenvalue weighted by Crippen LogP contribution is -2.26. The first-order chi connectivity index (χ1) is 8.09. The van der Waals surface area contributed by atoms with Gasteiger partial charge < -0.3 is 9.84 Å². The molecule has 0 saturated heterocycles. The van der Waals surface area contributed by atoms with E-state index in [9.17, 15) is 4.79 Å². The Balaban J connectivity index is 1.98. The molecule has 17 heavy (non-hydrogen) atoms. The number of carbonyl (C=O) groups is 1. The first-order valence-electron chi connectivity index (χ1n) is 6.93. The fraction of sp³-hybridized carbons (Fsp3) is 0.929. The summed E-state index contributed by atoms with van der Waals surface area (Å²) < 4.78 is 5.86. The Morgan fingerprint density at radius 3 is 2.59 bits per heavy atom. The van der Waals surface area contributed by atoms with Crippen LogP contribution in [0.25, 0.3) is 0 Å². The molecule has 1 saturated carbocycles. The lowest BCUT2D eigenvalue weighted by atomic mass is 9.80. The largest absolute Gasteiger partial charge is 0.481 e. The molecule has 1 fully saturated rings. The third kappa shape index (κ3) is 6.06. The molecule has 100 valence electrons. The molecule has 0 aromatic heterocycles. The smallest absolute Gasteiger partial charge is 0.303 e. The molecule has 3 unspecified atom stereocenters. The molecule has 0 aliphatic heterocycles. The number of hydrogen-bond acceptors (Lipinski definition) is 2. The van der Waals surface area contributed by atoms with E-state index in [1.54, 1.807) is 0 Å². The maximum atomic E-state index is 10.3. The number of hydrogen-bond donors (Lipinski definition) is 1. The number of carboxylic acids is 1. The Morgan fingerprint density at radius 2 is 1.94 bits per heavy atom. The average Bonchev–Trinajstić information content (AvgIpc) is 2.27. The first kappa shape index (κ1) is 14.5. The molecule has 1 aliphatic carbocycles. The highest BCUT2D eigenvalue weighted by molar-refractivity contribution is 5.66. The van der Waals surface area contributed by atoms with Crippen molar-refractivity contribution >= 4 is 5.97 Å². The van der Waals surface area contributed by atoms with Gasteiger partial charge in [0.05, 0.1) is 6.10 Å². The normalized spacial score (nSPS) is 29.2. The van der Waals surface area contributed by atoms with Crippen LogP contribution < -0.4 is 0 Å². The molecule has 1 N–H and O–H groups in total. The maximum Gasteiger partial charge on any atom is 0.303 e. The van der Waals surface area contributed by atoms with Gasteiger partial charge in [0.1, 0.15) is 0 Å². The van der Waals surface area contributed by atoms with Gasteiger partial charge in [0.15, 0.2) is 0 Å². The minimum absolute atomic E-state index is 0.290. The van der Waals surface area contributed by atoms with E-state index in [0.717, 1.165) is 37.7 Å². The van der Waals surface area contributed by atoms with E-state index >= 15 is 0 Å². The van der Waals surface area contributed by atoms with Crippen LogP contribution in [0.4, 0.5) is 0 Å². The van der Waals surface area contributed by atoms with Crippen LogP contribution in [0.2, 0.25) is 0 Å². The van der Waals surface area contributed by atoms with Crippen LogP contribution in [0.3, 0.4) is 0 Å². The van der Waals surface area contributed by atoms with Crippen molar-refractivity contribution in [3.63, 3.8) is 0 Å². The molecule has 0 amide bonds. The van der Waals surface area contributed by atoms with Crippen LogP contribution in [0, 0.1) is 11.8 Å². The second-order valence-electron chi connectivity index (χ2n) is 5.46. The van der Waals surface area contributed by atoms with Gasteiger partial charge in [0, 0.05) is 13.0 Å². The molecule has 3 nitrogen and oxygen atoms in total. The van der Waals surface area contributed by atoms with Gasteiger partial charge in [-0.2, -0.15) is 0 Å². The maximum absolute atomic E-state index is 10.3. The van der Waals surface area contributed by atoms with Gasteiger partial charge >= 0.3 is 5.97 Å². The van der Waals surface area contributed by atoms with E-state index in [1.807, 2.05) is 0 Å². The van der Waals surface area contributed by atoms with Crippen LogP contribution in [0.1, 0.15) is 58.8 Å². The Labute approximate surface area is 105 Å². The summed E-state index contributed by atoms with van der Waals surface area (Å²) in [5.74, 6) is 0.923. The van der Waals surface area contributed by atoms with Gasteiger partial charge in [-0.3, -0.25) is 4.79 Å². The van der Waals surface area contributed by atoms with E-state index in [4.69, 9.17) is 9.84 Å². The Hall–Kier alpha value is -0.570. The lowest BCUT2D eigenvalue weighted by Gasteiger charge is -2.31. The highest BCUT2D eigenvalue weighted by Crippen LogP contribution is 2.30. The SMILES string of the molecule is CC1CCC(OCCCCCC(=O)O)CC1C. The van der Waals surface area contributed by atoms with Crippen molar-refractivity contribution < 1.29 is 14.6 Å². The van der Waals surface area contributed by atoms with Crippen LogP contribution in [0.15, 0.2) is 0 Å². The van der Waals surface area contributed by atoms with E-state index in [2.05, 4.69) is 13.8 Å². The third-order valence-corrected chi connectivity index (χ3v) is 3.94. The predicted octanol–water partition coefficient (Wildman–Crippen LogP) is 3.47. The molecule has 0 bridgehead atoms. The molecular weight excluding hydrogens is 216 g/mol. The first-order valence-corrected chi connectivity index (χ1v) is 6.93. The highest BCUT2D eigenvalue weighted by Gasteiger charge is 2.24. The Kier molecular flexibility index (Phi) is 6.56. The molecule has 1 aliphatic rings. The fourth-order valence-corrected chi connectivity index (χ4v) is 2.45. The summed E-state index contributed by atoms with van der Waals surface area (Å²) >= 11 is 0. The second kappa shape index (κ2) is 7.70. The molecule has 1 rings (SSSR count). The van der Waals surface area contributed by atoms with Crippen LogP contribution in [-0.4, -0.2) is 23.8 Å². The number of ether oxygens (including phenoxy) is 1. The zero-order valence-electron chi connectivity index (χ0n) is 11.2. The second-order valence-corrected chi connectivity index (χ2v) is 5.46. The molecule has 0 aromatic carbocycles. The van der Waals surface area contributed by atoms with Crippen LogP contribution in [0.5, 0.6) is 0 Å². The van der Waals surface area contributed by atoms with Crippen molar-refractivity contribution in [3.8, 4) is 0 Å². The van der Waals surface area contributed by atoms with Gasteiger partial charge in [-0.25, -0.2) is 0 Å². The summed E-state index contributed by atoms with van der Waals surface area (Å²) in [5.41, 5.74) is 0. The number of aliphatic carboxylic acids is 1. The molecular formula is C14H26O3. The zero-order chi connectivity index (χ0) is 12.7. The predicted molar refractivity (Wildman–Crippen MR) is 68.0 cm³/mol. The minimum atomic E-state index is -0.694. The quantitative estimate of drug-likeness (QED) is 0.695. The molecule has 0 spiro atoms. The zero-order valence-corrected chi connectivity index (χ0v) is 11.2. The monoisotopic (exact) mass is 242 g/mol. The minimum Gasteiger partial charge on any atom is -0.481 e. The van der Waals surface area contributed by atoms with E-state index in [-0.39, 0.29) is 6.42 Å². The summed E-state index contributed by atoms with van der Waals surface area (Å²) in [4.78, 5) is 10.3. The lowest BCUT2D eigenvalue weighted by molar-refractivity contribution is -0.137. The molecule has 0 heterocycles. The topological polar surface area (TPSA) is 46.5 Å².